The highest BCUT2D eigenvalue weighted by molar-refractivity contribution is 5.52. The molecule has 2 atom stereocenters. The molecule has 1 aliphatic carbocycles. The smallest absolute Gasteiger partial charge is 0.0314 e. The lowest BCUT2D eigenvalue weighted by Crippen LogP contribution is -2.33. The van der Waals surface area contributed by atoms with Crippen molar-refractivity contribution in [3.05, 3.63) is 83.5 Å². The summed E-state index contributed by atoms with van der Waals surface area (Å²) in [6, 6.07) is 8.43. The third kappa shape index (κ3) is 2.19. The van der Waals surface area contributed by atoms with Gasteiger partial charge in [-0.15, -0.1) is 0 Å². The van der Waals surface area contributed by atoms with Gasteiger partial charge in [0.2, 0.25) is 0 Å². The van der Waals surface area contributed by atoms with E-state index in [9.17, 15) is 0 Å². The van der Waals surface area contributed by atoms with E-state index >= 15 is 0 Å². The predicted octanol–water partition coefficient (Wildman–Crippen LogP) is 4.60. The molecular formula is C20H22N2. The zero-order valence-electron chi connectivity index (χ0n) is 13.7. The Balaban J connectivity index is 2.11. The van der Waals surface area contributed by atoms with E-state index in [1.54, 1.807) is 0 Å². The lowest BCUT2D eigenvalue weighted by atomic mass is 9.63. The van der Waals surface area contributed by atoms with Gasteiger partial charge in [0.1, 0.15) is 0 Å². The molecule has 0 amide bonds. The Kier molecular flexibility index (Phi) is 3.48. The van der Waals surface area contributed by atoms with Crippen LogP contribution in [0.3, 0.4) is 0 Å². The number of hydrogen-bond acceptors (Lipinski definition) is 2. The van der Waals surface area contributed by atoms with Gasteiger partial charge in [-0.25, -0.2) is 0 Å². The van der Waals surface area contributed by atoms with Gasteiger partial charge >= 0.3 is 0 Å². The second kappa shape index (κ2) is 5.20. The SMILES string of the molecule is CC1=CC(C)(c2ccncc2)C(C)=CC1(C)c1ccncc1. The summed E-state index contributed by atoms with van der Waals surface area (Å²) in [5, 5.41) is 0. The summed E-state index contributed by atoms with van der Waals surface area (Å²) >= 11 is 0. The molecule has 0 spiro atoms. The molecule has 3 rings (SSSR count). The fraction of sp³-hybridized carbons (Fsp3) is 0.300. The normalized spacial score (nSPS) is 28.0. The average Bonchev–Trinajstić information content (AvgIpc) is 2.55. The second-order valence-electron chi connectivity index (χ2n) is 6.53. The first-order valence-electron chi connectivity index (χ1n) is 7.68. The molecule has 0 aromatic carbocycles. The summed E-state index contributed by atoms with van der Waals surface area (Å²) in [4.78, 5) is 8.29. The summed E-state index contributed by atoms with van der Waals surface area (Å²) in [5.41, 5.74) is 5.16. The van der Waals surface area contributed by atoms with Gasteiger partial charge < -0.3 is 0 Å². The van der Waals surface area contributed by atoms with Crippen LogP contribution in [-0.4, -0.2) is 9.97 Å². The molecular weight excluding hydrogens is 268 g/mol. The Bertz CT molecular complexity index is 665. The van der Waals surface area contributed by atoms with Crippen molar-refractivity contribution < 1.29 is 0 Å². The van der Waals surface area contributed by atoms with Crippen LogP contribution in [0.15, 0.2) is 72.4 Å². The van der Waals surface area contributed by atoms with E-state index in [4.69, 9.17) is 0 Å². The maximum absolute atomic E-state index is 4.14. The van der Waals surface area contributed by atoms with Crippen molar-refractivity contribution in [1.82, 2.24) is 9.97 Å². The molecule has 0 aliphatic heterocycles. The largest absolute Gasteiger partial charge is 0.265 e. The average molecular weight is 290 g/mol. The number of allylic oxidation sites excluding steroid dienone is 4. The van der Waals surface area contributed by atoms with Crippen molar-refractivity contribution in [3.63, 3.8) is 0 Å². The molecule has 0 N–H and O–H groups in total. The molecule has 2 heterocycles. The molecule has 0 fully saturated rings. The summed E-state index contributed by atoms with van der Waals surface area (Å²) < 4.78 is 0. The second-order valence-corrected chi connectivity index (χ2v) is 6.53. The number of aromatic nitrogens is 2. The van der Waals surface area contributed by atoms with Gasteiger partial charge in [-0.1, -0.05) is 23.3 Å². The number of pyridine rings is 2. The summed E-state index contributed by atoms with van der Waals surface area (Å²) in [6.07, 6.45) is 12.3. The Labute approximate surface area is 132 Å². The third-order valence-corrected chi connectivity index (χ3v) is 5.21. The highest BCUT2D eigenvalue weighted by Crippen LogP contribution is 2.46. The van der Waals surface area contributed by atoms with E-state index in [1.807, 2.05) is 24.8 Å². The Morgan fingerprint density at radius 1 is 0.636 bits per heavy atom. The lowest BCUT2D eigenvalue weighted by molar-refractivity contribution is 0.595. The molecule has 2 aromatic rings. The Morgan fingerprint density at radius 2 is 0.955 bits per heavy atom. The third-order valence-electron chi connectivity index (χ3n) is 5.21. The minimum Gasteiger partial charge on any atom is -0.265 e. The van der Waals surface area contributed by atoms with Gasteiger partial charge in [0, 0.05) is 35.6 Å². The minimum absolute atomic E-state index is 0.0699. The molecule has 0 saturated heterocycles. The van der Waals surface area contributed by atoms with Gasteiger partial charge in [0.25, 0.3) is 0 Å². The summed E-state index contributed by atoms with van der Waals surface area (Å²) in [5.74, 6) is 0. The first-order chi connectivity index (χ1) is 10.5. The molecule has 2 aromatic heterocycles. The fourth-order valence-electron chi connectivity index (χ4n) is 3.41. The fourth-order valence-corrected chi connectivity index (χ4v) is 3.41. The van der Waals surface area contributed by atoms with Crippen molar-refractivity contribution in [2.24, 2.45) is 0 Å². The summed E-state index contributed by atoms with van der Waals surface area (Å²) in [7, 11) is 0. The maximum Gasteiger partial charge on any atom is 0.0314 e. The van der Waals surface area contributed by atoms with E-state index in [1.165, 1.54) is 22.3 Å². The molecule has 2 nitrogen and oxygen atoms in total. The molecule has 112 valence electrons. The van der Waals surface area contributed by atoms with Crippen LogP contribution in [0, 0.1) is 0 Å². The molecule has 1 aliphatic rings. The predicted molar refractivity (Wildman–Crippen MR) is 90.7 cm³/mol. The van der Waals surface area contributed by atoms with E-state index in [0.717, 1.165) is 0 Å². The van der Waals surface area contributed by atoms with Crippen molar-refractivity contribution in [3.8, 4) is 0 Å². The molecule has 0 saturated carbocycles. The lowest BCUT2D eigenvalue weighted by Gasteiger charge is -2.40. The molecule has 2 unspecified atom stereocenters. The van der Waals surface area contributed by atoms with Crippen LogP contribution < -0.4 is 0 Å². The highest BCUT2D eigenvalue weighted by Gasteiger charge is 2.37. The molecule has 22 heavy (non-hydrogen) atoms. The highest BCUT2D eigenvalue weighted by atomic mass is 14.6. The van der Waals surface area contributed by atoms with Crippen molar-refractivity contribution in [1.29, 1.82) is 0 Å². The Hall–Kier alpha value is -2.22. The standard InChI is InChI=1S/C20H22N2/c1-15-13-20(4,18-7-11-22-12-8-18)16(2)14-19(15,3)17-5-9-21-10-6-17/h5-14H,1-4H3. The van der Waals surface area contributed by atoms with Crippen molar-refractivity contribution in [2.45, 2.75) is 38.5 Å². The van der Waals surface area contributed by atoms with Crippen LogP contribution in [0.1, 0.15) is 38.8 Å². The number of rotatable bonds is 2. The monoisotopic (exact) mass is 290 g/mol. The van der Waals surface area contributed by atoms with Crippen LogP contribution >= 0.6 is 0 Å². The van der Waals surface area contributed by atoms with Crippen LogP contribution in [-0.2, 0) is 10.8 Å². The van der Waals surface area contributed by atoms with E-state index < -0.39 is 0 Å². The van der Waals surface area contributed by atoms with E-state index in [2.05, 4.69) is 74.1 Å². The van der Waals surface area contributed by atoms with Crippen molar-refractivity contribution in [2.75, 3.05) is 0 Å². The van der Waals surface area contributed by atoms with Crippen molar-refractivity contribution >= 4 is 0 Å². The summed E-state index contributed by atoms with van der Waals surface area (Å²) in [6.45, 7) is 9.01. The molecule has 0 bridgehead atoms. The Morgan fingerprint density at radius 3 is 1.27 bits per heavy atom. The zero-order chi connectivity index (χ0) is 15.8. The van der Waals surface area contributed by atoms with Crippen LogP contribution in [0.25, 0.3) is 0 Å². The van der Waals surface area contributed by atoms with Gasteiger partial charge in [0.05, 0.1) is 0 Å². The van der Waals surface area contributed by atoms with Gasteiger partial charge in [-0.3, -0.25) is 9.97 Å². The molecule has 2 heteroatoms. The molecule has 0 radical (unpaired) electrons. The van der Waals surface area contributed by atoms with Gasteiger partial charge in [0.15, 0.2) is 0 Å². The minimum atomic E-state index is -0.0699. The quantitative estimate of drug-likeness (QED) is 0.755. The van der Waals surface area contributed by atoms with Crippen LogP contribution in [0.5, 0.6) is 0 Å². The van der Waals surface area contributed by atoms with E-state index in [-0.39, 0.29) is 10.8 Å². The van der Waals surface area contributed by atoms with Gasteiger partial charge in [-0.05, 0) is 63.1 Å². The zero-order valence-corrected chi connectivity index (χ0v) is 13.7. The van der Waals surface area contributed by atoms with Crippen LogP contribution in [0.4, 0.5) is 0 Å². The topological polar surface area (TPSA) is 25.8 Å². The van der Waals surface area contributed by atoms with Gasteiger partial charge in [-0.2, -0.15) is 0 Å². The maximum atomic E-state index is 4.14. The number of hydrogen-bond donors (Lipinski definition) is 0. The first-order valence-corrected chi connectivity index (χ1v) is 7.68. The van der Waals surface area contributed by atoms with E-state index in [0.29, 0.717) is 0 Å². The number of nitrogens with zero attached hydrogens (tertiary/aromatic N) is 2. The van der Waals surface area contributed by atoms with Crippen LogP contribution in [0.2, 0.25) is 0 Å². The first kappa shape index (κ1) is 14.7.